The number of aryl methyl sites for hydroxylation is 2. The lowest BCUT2D eigenvalue weighted by molar-refractivity contribution is 0.568. The van der Waals surface area contributed by atoms with E-state index < -0.39 is 0 Å². The molecule has 92 valence electrons. The highest BCUT2D eigenvalue weighted by molar-refractivity contribution is 7.18. The molecule has 0 aliphatic carbocycles. The molecular formula is C13H12N2O2S. The molecule has 0 aliphatic rings. The van der Waals surface area contributed by atoms with E-state index in [0.717, 1.165) is 32.6 Å². The predicted molar refractivity (Wildman–Crippen MR) is 72.1 cm³/mol. The summed E-state index contributed by atoms with van der Waals surface area (Å²) in [6.07, 6.45) is 3.99. The minimum absolute atomic E-state index is 0.0719. The second kappa shape index (κ2) is 4.10. The van der Waals surface area contributed by atoms with Crippen molar-refractivity contribution in [3.63, 3.8) is 0 Å². The van der Waals surface area contributed by atoms with Crippen molar-refractivity contribution in [3.8, 4) is 11.4 Å². The number of hydrogen-bond acceptors (Lipinski definition) is 4. The summed E-state index contributed by atoms with van der Waals surface area (Å²) in [5.74, 6) is 0.560. The number of rotatable bonds is 2. The van der Waals surface area contributed by atoms with Crippen LogP contribution in [-0.2, 0) is 6.42 Å². The van der Waals surface area contributed by atoms with Gasteiger partial charge in [-0.2, -0.15) is 0 Å². The van der Waals surface area contributed by atoms with E-state index in [-0.39, 0.29) is 5.56 Å². The fourth-order valence-corrected chi connectivity index (χ4v) is 3.25. The Morgan fingerprint density at radius 3 is 3.00 bits per heavy atom. The summed E-state index contributed by atoms with van der Waals surface area (Å²) in [5, 5.41) is 0.729. The number of aromatic nitrogens is 2. The van der Waals surface area contributed by atoms with E-state index >= 15 is 0 Å². The Kier molecular flexibility index (Phi) is 2.56. The fourth-order valence-electron chi connectivity index (χ4n) is 2.14. The van der Waals surface area contributed by atoms with Gasteiger partial charge in [0.05, 0.1) is 17.2 Å². The van der Waals surface area contributed by atoms with E-state index in [9.17, 15) is 4.79 Å². The van der Waals surface area contributed by atoms with Crippen LogP contribution in [0.3, 0.4) is 0 Å². The molecule has 3 heterocycles. The molecule has 0 aliphatic heterocycles. The van der Waals surface area contributed by atoms with Gasteiger partial charge >= 0.3 is 0 Å². The van der Waals surface area contributed by atoms with Gasteiger partial charge in [-0.15, -0.1) is 11.3 Å². The van der Waals surface area contributed by atoms with Gasteiger partial charge in [0.2, 0.25) is 0 Å². The smallest absolute Gasteiger partial charge is 0.260 e. The van der Waals surface area contributed by atoms with Crippen molar-refractivity contribution in [3.05, 3.63) is 39.4 Å². The summed E-state index contributed by atoms with van der Waals surface area (Å²) >= 11 is 1.57. The Labute approximate surface area is 107 Å². The SMILES string of the molecule is CCc1c(C)sc2nc(-c3ccoc3)[nH]c(=O)c12. The summed E-state index contributed by atoms with van der Waals surface area (Å²) in [6, 6.07) is 1.78. The maximum Gasteiger partial charge on any atom is 0.260 e. The van der Waals surface area contributed by atoms with Gasteiger partial charge in [-0.1, -0.05) is 6.92 Å². The third-order valence-electron chi connectivity index (χ3n) is 3.01. The van der Waals surface area contributed by atoms with Gasteiger partial charge in [0.15, 0.2) is 0 Å². The van der Waals surface area contributed by atoms with Crippen LogP contribution in [0.2, 0.25) is 0 Å². The Morgan fingerprint density at radius 2 is 2.33 bits per heavy atom. The summed E-state index contributed by atoms with van der Waals surface area (Å²) in [4.78, 5) is 21.5. The van der Waals surface area contributed by atoms with Crippen molar-refractivity contribution in [2.24, 2.45) is 0 Å². The van der Waals surface area contributed by atoms with Crippen LogP contribution < -0.4 is 5.56 Å². The van der Waals surface area contributed by atoms with Crippen LogP contribution in [0, 0.1) is 6.92 Å². The van der Waals surface area contributed by atoms with Gasteiger partial charge in [-0.25, -0.2) is 4.98 Å². The molecule has 0 amide bonds. The molecule has 0 atom stereocenters. The second-order valence-electron chi connectivity index (χ2n) is 4.10. The summed E-state index contributed by atoms with van der Waals surface area (Å²) < 4.78 is 5.01. The monoisotopic (exact) mass is 260 g/mol. The lowest BCUT2D eigenvalue weighted by Crippen LogP contribution is -2.09. The van der Waals surface area contributed by atoms with E-state index in [1.54, 1.807) is 29.9 Å². The van der Waals surface area contributed by atoms with E-state index in [2.05, 4.69) is 16.9 Å². The number of furan rings is 1. The number of hydrogen-bond donors (Lipinski definition) is 1. The summed E-state index contributed by atoms with van der Waals surface area (Å²) in [7, 11) is 0. The Hall–Kier alpha value is -1.88. The first-order valence-corrected chi connectivity index (χ1v) is 6.57. The lowest BCUT2D eigenvalue weighted by atomic mass is 10.1. The zero-order valence-corrected chi connectivity index (χ0v) is 10.9. The van der Waals surface area contributed by atoms with Crippen molar-refractivity contribution in [2.75, 3.05) is 0 Å². The minimum atomic E-state index is -0.0719. The van der Waals surface area contributed by atoms with Crippen LogP contribution in [0.25, 0.3) is 21.6 Å². The third-order valence-corrected chi connectivity index (χ3v) is 4.05. The maximum absolute atomic E-state index is 12.2. The van der Waals surface area contributed by atoms with Gasteiger partial charge in [0, 0.05) is 4.88 Å². The van der Waals surface area contributed by atoms with Crippen molar-refractivity contribution in [1.82, 2.24) is 9.97 Å². The molecule has 0 saturated carbocycles. The van der Waals surface area contributed by atoms with Crippen LogP contribution >= 0.6 is 11.3 Å². The molecule has 0 unspecified atom stereocenters. The van der Waals surface area contributed by atoms with Gasteiger partial charge in [0.1, 0.15) is 16.9 Å². The average molecular weight is 260 g/mol. The number of H-pyrrole nitrogens is 1. The fraction of sp³-hybridized carbons (Fsp3) is 0.231. The number of nitrogens with one attached hydrogen (secondary N) is 1. The van der Waals surface area contributed by atoms with Crippen LogP contribution in [0.15, 0.2) is 27.8 Å². The highest BCUT2D eigenvalue weighted by Crippen LogP contribution is 2.28. The van der Waals surface area contributed by atoms with Gasteiger partial charge in [-0.05, 0) is 25.0 Å². The van der Waals surface area contributed by atoms with Crippen LogP contribution in [0.1, 0.15) is 17.4 Å². The molecule has 0 bridgehead atoms. The number of thiophene rings is 1. The maximum atomic E-state index is 12.2. The number of aromatic amines is 1. The molecule has 3 aromatic heterocycles. The van der Waals surface area contributed by atoms with Crippen LogP contribution in [0.4, 0.5) is 0 Å². The van der Waals surface area contributed by atoms with E-state index in [4.69, 9.17) is 4.42 Å². The largest absolute Gasteiger partial charge is 0.472 e. The van der Waals surface area contributed by atoms with Gasteiger partial charge in [-0.3, -0.25) is 4.79 Å². The topological polar surface area (TPSA) is 58.9 Å². The van der Waals surface area contributed by atoms with Crippen LogP contribution in [0.5, 0.6) is 0 Å². The first-order valence-electron chi connectivity index (χ1n) is 5.75. The predicted octanol–water partition coefficient (Wildman–Crippen LogP) is 3.12. The first kappa shape index (κ1) is 11.2. The van der Waals surface area contributed by atoms with Crippen molar-refractivity contribution in [1.29, 1.82) is 0 Å². The molecule has 0 radical (unpaired) electrons. The van der Waals surface area contributed by atoms with Gasteiger partial charge in [0.25, 0.3) is 5.56 Å². The Balaban J connectivity index is 2.33. The number of nitrogens with zero attached hydrogens (tertiary/aromatic N) is 1. The Morgan fingerprint density at radius 1 is 1.50 bits per heavy atom. The molecule has 3 rings (SSSR count). The summed E-state index contributed by atoms with van der Waals surface area (Å²) in [5.41, 5.74) is 1.82. The first-order chi connectivity index (χ1) is 8.70. The molecule has 18 heavy (non-hydrogen) atoms. The molecule has 4 nitrogen and oxygen atoms in total. The van der Waals surface area contributed by atoms with E-state index in [0.29, 0.717) is 5.82 Å². The summed E-state index contributed by atoms with van der Waals surface area (Å²) in [6.45, 7) is 4.08. The highest BCUT2D eigenvalue weighted by atomic mass is 32.1. The zero-order chi connectivity index (χ0) is 12.7. The standard InChI is InChI=1S/C13H12N2O2S/c1-3-9-7(2)18-13-10(9)12(16)14-11(15-13)8-4-5-17-6-8/h4-6H,3H2,1-2H3,(H,14,15,16). The van der Waals surface area contributed by atoms with Crippen molar-refractivity contribution >= 4 is 21.6 Å². The van der Waals surface area contributed by atoms with Crippen molar-refractivity contribution < 1.29 is 4.42 Å². The van der Waals surface area contributed by atoms with Crippen molar-refractivity contribution in [2.45, 2.75) is 20.3 Å². The molecule has 0 aromatic carbocycles. The Bertz CT molecular complexity index is 753. The molecule has 3 aromatic rings. The molecule has 0 fully saturated rings. The number of fused-ring (bicyclic) bond motifs is 1. The highest BCUT2D eigenvalue weighted by Gasteiger charge is 2.14. The van der Waals surface area contributed by atoms with Crippen LogP contribution in [-0.4, -0.2) is 9.97 Å². The minimum Gasteiger partial charge on any atom is -0.472 e. The third kappa shape index (κ3) is 1.59. The molecule has 0 spiro atoms. The van der Waals surface area contributed by atoms with E-state index in [1.807, 2.05) is 6.92 Å². The second-order valence-corrected chi connectivity index (χ2v) is 5.30. The normalized spacial score (nSPS) is 11.2. The average Bonchev–Trinajstić information content (AvgIpc) is 2.95. The van der Waals surface area contributed by atoms with E-state index in [1.165, 1.54) is 0 Å². The molecule has 5 heteroatoms. The quantitative estimate of drug-likeness (QED) is 0.770. The zero-order valence-electron chi connectivity index (χ0n) is 10.1. The lowest BCUT2D eigenvalue weighted by Gasteiger charge is -1.98. The molecule has 0 saturated heterocycles. The molecule has 1 N–H and O–H groups in total. The van der Waals surface area contributed by atoms with Gasteiger partial charge < -0.3 is 9.40 Å². The molecular weight excluding hydrogens is 248 g/mol.